The van der Waals surface area contributed by atoms with Gasteiger partial charge >= 0.3 is 0 Å². The molecule has 1 aliphatic heterocycles. The van der Waals surface area contributed by atoms with E-state index in [4.69, 9.17) is 5.26 Å². The summed E-state index contributed by atoms with van der Waals surface area (Å²) < 4.78 is 1.71. The van der Waals surface area contributed by atoms with Gasteiger partial charge in [0.05, 0.1) is 5.69 Å². The SMILES string of the molecule is N#Cc1cc(N2CC3CCCC3C2)c2nccn2n1. The fourth-order valence-corrected chi connectivity index (χ4v) is 3.62. The first-order valence-electron chi connectivity index (χ1n) is 6.84. The van der Waals surface area contributed by atoms with Crippen molar-refractivity contribution in [3.05, 3.63) is 24.2 Å². The molecule has 0 aromatic carbocycles. The summed E-state index contributed by atoms with van der Waals surface area (Å²) in [6.45, 7) is 2.20. The lowest BCUT2D eigenvalue weighted by atomic mass is 10.0. The number of imidazole rings is 1. The molecule has 19 heavy (non-hydrogen) atoms. The maximum absolute atomic E-state index is 9.10. The van der Waals surface area contributed by atoms with Crippen molar-refractivity contribution in [2.24, 2.45) is 11.8 Å². The third-order valence-corrected chi connectivity index (χ3v) is 4.52. The van der Waals surface area contributed by atoms with Gasteiger partial charge in [0.1, 0.15) is 6.07 Å². The Morgan fingerprint density at radius 3 is 2.79 bits per heavy atom. The van der Waals surface area contributed by atoms with Crippen molar-refractivity contribution in [1.29, 1.82) is 5.26 Å². The maximum atomic E-state index is 9.10. The number of aromatic nitrogens is 3. The van der Waals surface area contributed by atoms with Crippen LogP contribution in [0.5, 0.6) is 0 Å². The van der Waals surface area contributed by atoms with Gasteiger partial charge < -0.3 is 4.90 Å². The van der Waals surface area contributed by atoms with E-state index in [1.54, 1.807) is 16.9 Å². The van der Waals surface area contributed by atoms with Crippen molar-refractivity contribution >= 4 is 11.3 Å². The summed E-state index contributed by atoms with van der Waals surface area (Å²) in [6, 6.07) is 4.02. The van der Waals surface area contributed by atoms with Gasteiger partial charge in [-0.3, -0.25) is 0 Å². The van der Waals surface area contributed by atoms with Crippen LogP contribution in [0.3, 0.4) is 0 Å². The van der Waals surface area contributed by atoms with Crippen LogP contribution in [0.25, 0.3) is 5.65 Å². The zero-order valence-corrected chi connectivity index (χ0v) is 10.7. The number of nitriles is 1. The molecule has 5 nitrogen and oxygen atoms in total. The number of fused-ring (bicyclic) bond motifs is 2. The van der Waals surface area contributed by atoms with Crippen LogP contribution < -0.4 is 4.90 Å². The quantitative estimate of drug-likeness (QED) is 0.778. The lowest BCUT2D eigenvalue weighted by molar-refractivity contribution is 0.494. The van der Waals surface area contributed by atoms with E-state index in [9.17, 15) is 0 Å². The minimum absolute atomic E-state index is 0.456. The molecule has 2 aromatic rings. The molecule has 2 fully saturated rings. The molecule has 0 bridgehead atoms. The number of hydrogen-bond acceptors (Lipinski definition) is 4. The van der Waals surface area contributed by atoms with Gasteiger partial charge in [-0.15, -0.1) is 0 Å². The van der Waals surface area contributed by atoms with Crippen molar-refractivity contribution in [2.75, 3.05) is 18.0 Å². The highest BCUT2D eigenvalue weighted by Gasteiger charge is 2.36. The standard InChI is InChI=1S/C14H15N5/c15-7-12-6-13(14-16-4-5-19(14)17-12)18-8-10-2-1-3-11(10)9-18/h4-6,10-11H,1-3,8-9H2. The largest absolute Gasteiger partial charge is 0.368 e. The molecule has 2 aromatic heterocycles. The molecule has 1 aliphatic carbocycles. The summed E-state index contributed by atoms with van der Waals surface area (Å²) in [5.41, 5.74) is 2.38. The van der Waals surface area contributed by atoms with E-state index in [-0.39, 0.29) is 0 Å². The molecule has 3 heterocycles. The van der Waals surface area contributed by atoms with Crippen molar-refractivity contribution in [2.45, 2.75) is 19.3 Å². The first-order chi connectivity index (χ1) is 9.35. The van der Waals surface area contributed by atoms with Crippen molar-refractivity contribution in [1.82, 2.24) is 14.6 Å². The fraction of sp³-hybridized carbons (Fsp3) is 0.500. The number of hydrogen-bond donors (Lipinski definition) is 0. The van der Waals surface area contributed by atoms with E-state index < -0.39 is 0 Å². The monoisotopic (exact) mass is 253 g/mol. The van der Waals surface area contributed by atoms with E-state index in [2.05, 4.69) is 21.1 Å². The third kappa shape index (κ3) is 1.60. The molecule has 4 rings (SSSR count). The molecular weight excluding hydrogens is 238 g/mol. The maximum Gasteiger partial charge on any atom is 0.177 e. The van der Waals surface area contributed by atoms with Crippen LogP contribution in [-0.4, -0.2) is 27.7 Å². The van der Waals surface area contributed by atoms with Gasteiger partial charge in [-0.25, -0.2) is 9.50 Å². The molecule has 1 saturated heterocycles. The van der Waals surface area contributed by atoms with Crippen LogP contribution in [0.4, 0.5) is 5.69 Å². The second-order valence-electron chi connectivity index (χ2n) is 5.58. The molecule has 1 saturated carbocycles. The van der Waals surface area contributed by atoms with Gasteiger partial charge in [0.2, 0.25) is 0 Å². The minimum Gasteiger partial charge on any atom is -0.368 e. The Kier molecular flexibility index (Phi) is 2.25. The molecule has 96 valence electrons. The van der Waals surface area contributed by atoms with Crippen LogP contribution in [0.1, 0.15) is 25.0 Å². The molecule has 2 unspecified atom stereocenters. The molecular formula is C14H15N5. The highest BCUT2D eigenvalue weighted by Crippen LogP contribution is 2.40. The lowest BCUT2D eigenvalue weighted by Crippen LogP contribution is -2.22. The molecule has 5 heteroatoms. The predicted molar refractivity (Wildman–Crippen MR) is 70.7 cm³/mol. The summed E-state index contributed by atoms with van der Waals surface area (Å²) in [5.74, 6) is 1.66. The second kappa shape index (κ2) is 3.95. The van der Waals surface area contributed by atoms with Crippen LogP contribution in [0, 0.1) is 23.2 Å². The van der Waals surface area contributed by atoms with Gasteiger partial charge in [0, 0.05) is 31.5 Å². The van der Waals surface area contributed by atoms with Crippen molar-refractivity contribution in [3.8, 4) is 6.07 Å². The van der Waals surface area contributed by atoms with E-state index in [0.29, 0.717) is 5.69 Å². The average molecular weight is 253 g/mol. The van der Waals surface area contributed by atoms with Crippen LogP contribution in [0.2, 0.25) is 0 Å². The Hall–Kier alpha value is -2.09. The highest BCUT2D eigenvalue weighted by atomic mass is 15.3. The zero-order chi connectivity index (χ0) is 12.8. The first-order valence-corrected chi connectivity index (χ1v) is 6.84. The van der Waals surface area contributed by atoms with Crippen molar-refractivity contribution < 1.29 is 0 Å². The van der Waals surface area contributed by atoms with Crippen LogP contribution >= 0.6 is 0 Å². The number of nitrogens with zero attached hydrogens (tertiary/aromatic N) is 5. The summed E-state index contributed by atoms with van der Waals surface area (Å²) in [7, 11) is 0. The highest BCUT2D eigenvalue weighted by molar-refractivity contribution is 5.70. The normalized spacial score (nSPS) is 25.7. The summed E-state index contributed by atoms with van der Waals surface area (Å²) in [6.07, 6.45) is 7.62. The van der Waals surface area contributed by atoms with E-state index in [0.717, 1.165) is 36.3 Å². The Morgan fingerprint density at radius 1 is 1.26 bits per heavy atom. The molecule has 0 spiro atoms. The number of anilines is 1. The van der Waals surface area contributed by atoms with Gasteiger partial charge in [0.15, 0.2) is 11.3 Å². The van der Waals surface area contributed by atoms with Gasteiger partial charge in [0.25, 0.3) is 0 Å². The minimum atomic E-state index is 0.456. The predicted octanol–water partition coefficient (Wildman–Crippen LogP) is 1.84. The topological polar surface area (TPSA) is 57.2 Å². The Balaban J connectivity index is 1.78. The van der Waals surface area contributed by atoms with Crippen LogP contribution in [-0.2, 0) is 0 Å². The molecule has 0 N–H and O–H groups in total. The molecule has 2 atom stereocenters. The Morgan fingerprint density at radius 2 is 2.05 bits per heavy atom. The summed E-state index contributed by atoms with van der Waals surface area (Å²) >= 11 is 0. The number of rotatable bonds is 1. The zero-order valence-electron chi connectivity index (χ0n) is 10.7. The Labute approximate surface area is 111 Å². The second-order valence-corrected chi connectivity index (χ2v) is 5.58. The van der Waals surface area contributed by atoms with Crippen molar-refractivity contribution in [3.63, 3.8) is 0 Å². The van der Waals surface area contributed by atoms with Gasteiger partial charge in [-0.05, 0) is 24.7 Å². The molecule has 2 aliphatic rings. The molecule has 0 amide bonds. The van der Waals surface area contributed by atoms with Crippen LogP contribution in [0.15, 0.2) is 18.5 Å². The smallest absolute Gasteiger partial charge is 0.177 e. The lowest BCUT2D eigenvalue weighted by Gasteiger charge is -2.20. The summed E-state index contributed by atoms with van der Waals surface area (Å²) in [4.78, 5) is 6.77. The van der Waals surface area contributed by atoms with E-state index in [1.807, 2.05) is 6.07 Å². The van der Waals surface area contributed by atoms with E-state index >= 15 is 0 Å². The van der Waals surface area contributed by atoms with Gasteiger partial charge in [-0.1, -0.05) is 6.42 Å². The first kappa shape index (κ1) is 10.8. The fourth-order valence-electron chi connectivity index (χ4n) is 3.62. The van der Waals surface area contributed by atoms with Gasteiger partial charge in [-0.2, -0.15) is 10.4 Å². The molecule has 0 radical (unpaired) electrons. The van der Waals surface area contributed by atoms with E-state index in [1.165, 1.54) is 19.3 Å². The summed E-state index contributed by atoms with van der Waals surface area (Å²) in [5, 5.41) is 13.3. The third-order valence-electron chi connectivity index (χ3n) is 4.52. The average Bonchev–Trinajstić information content (AvgIpc) is 3.11. The Bertz CT molecular complexity index is 656.